The Labute approximate surface area is 150 Å². The number of ether oxygens (including phenoxy) is 2. The summed E-state index contributed by atoms with van der Waals surface area (Å²) in [5.41, 5.74) is 2.35. The zero-order valence-electron chi connectivity index (χ0n) is 16.1. The molecule has 134 valence electrons. The molecule has 0 radical (unpaired) electrons. The number of carbonyl (C=O) groups is 1. The van der Waals surface area contributed by atoms with E-state index in [0.29, 0.717) is 13.0 Å². The fraction of sp³-hybridized carbons (Fsp3) is 0.381. The predicted octanol–water partition coefficient (Wildman–Crippen LogP) is 4.03. The molecule has 0 atom stereocenters. The molecule has 4 heteroatoms. The van der Waals surface area contributed by atoms with E-state index in [1.54, 1.807) is 0 Å². The quantitative estimate of drug-likeness (QED) is 0.735. The Bertz CT molecular complexity index is 708. The van der Waals surface area contributed by atoms with Gasteiger partial charge in [-0.05, 0) is 56.0 Å². The van der Waals surface area contributed by atoms with Crippen LogP contribution in [0, 0.1) is 0 Å². The van der Waals surface area contributed by atoms with E-state index >= 15 is 0 Å². The standard InChI is InChI=1S/C21H26O4/c1-21(2,3)25-20(23)12-10-18-13-17(14-22)9-11-19(18)24-15-16-7-5-4-6-8-16/h4-9,11,13,22H,10,12,14-15H2,1-3H3/i22T. The Morgan fingerprint density at radius 1 is 1.12 bits per heavy atom. The van der Waals surface area contributed by atoms with Crippen molar-refractivity contribution in [1.82, 2.24) is 0 Å². The third kappa shape index (κ3) is 6.59. The highest BCUT2D eigenvalue weighted by Gasteiger charge is 2.17. The minimum Gasteiger partial charge on any atom is -0.489 e. The lowest BCUT2D eigenvalue weighted by molar-refractivity contribution is -0.154. The van der Waals surface area contributed by atoms with Crippen LogP contribution in [0.15, 0.2) is 48.5 Å². The number of aryl methyl sites for hydroxylation is 1. The highest BCUT2D eigenvalue weighted by molar-refractivity contribution is 5.70. The van der Waals surface area contributed by atoms with Gasteiger partial charge in [-0.1, -0.05) is 36.4 Å². The van der Waals surface area contributed by atoms with Crippen LogP contribution in [-0.4, -0.2) is 18.1 Å². The molecule has 0 aliphatic carbocycles. The first kappa shape index (κ1) is 17.5. The zero-order valence-corrected chi connectivity index (χ0v) is 15.1. The van der Waals surface area contributed by atoms with Gasteiger partial charge in [0.15, 0.2) is 0 Å². The van der Waals surface area contributed by atoms with Crippen LogP contribution in [0.2, 0.25) is 0 Å². The topological polar surface area (TPSA) is 55.8 Å². The first-order valence-corrected chi connectivity index (χ1v) is 8.46. The van der Waals surface area contributed by atoms with E-state index in [2.05, 4.69) is 5.11 Å². The van der Waals surface area contributed by atoms with Crippen molar-refractivity contribution in [2.24, 2.45) is 0 Å². The van der Waals surface area contributed by atoms with Gasteiger partial charge in [-0.25, -0.2) is 0 Å². The van der Waals surface area contributed by atoms with Crippen LogP contribution in [0.5, 0.6) is 5.75 Å². The molecule has 0 aromatic heterocycles. The molecule has 0 heterocycles. The van der Waals surface area contributed by atoms with Crippen LogP contribution < -0.4 is 4.74 Å². The number of carbonyl (C=O) groups excluding carboxylic acids is 1. The largest absolute Gasteiger partial charge is 0.489 e. The normalized spacial score (nSPS) is 11.7. The maximum atomic E-state index is 12.0. The molecule has 0 fully saturated rings. The Morgan fingerprint density at radius 3 is 2.56 bits per heavy atom. The van der Waals surface area contributed by atoms with Crippen molar-refractivity contribution in [2.75, 3.05) is 0 Å². The lowest BCUT2D eigenvalue weighted by atomic mass is 10.0. The van der Waals surface area contributed by atoms with Gasteiger partial charge in [0, 0.05) is 6.42 Å². The molecule has 0 aliphatic heterocycles. The third-order valence-corrected chi connectivity index (χ3v) is 3.55. The molecule has 2 aromatic rings. The summed E-state index contributed by atoms with van der Waals surface area (Å²) in [6, 6.07) is 15.6. The summed E-state index contributed by atoms with van der Waals surface area (Å²) >= 11 is 0. The van der Waals surface area contributed by atoms with Crippen LogP contribution in [-0.2, 0) is 29.2 Å². The summed E-state index contributed by atoms with van der Waals surface area (Å²) in [7, 11) is 0. The van der Waals surface area contributed by atoms with E-state index < -0.39 is 5.60 Å². The lowest BCUT2D eigenvalue weighted by Gasteiger charge is -2.19. The van der Waals surface area contributed by atoms with Crippen LogP contribution in [0.3, 0.4) is 0 Å². The van der Waals surface area contributed by atoms with E-state index in [0.717, 1.165) is 22.4 Å². The minimum atomic E-state index is -0.495. The van der Waals surface area contributed by atoms with Gasteiger partial charge in [0.2, 0.25) is 1.43 Å². The minimum absolute atomic E-state index is 0.193. The number of aliphatic hydroxyl groups excluding tert-OH is 1. The summed E-state index contributed by atoms with van der Waals surface area (Å²) in [4.78, 5) is 12.0. The SMILES string of the molecule is [3H]OCc1ccc(OCc2ccccc2)c(CCC(=O)OC(C)(C)C)c1. The van der Waals surface area contributed by atoms with Gasteiger partial charge in [-0.15, -0.1) is 0 Å². The van der Waals surface area contributed by atoms with Gasteiger partial charge in [0.1, 0.15) is 18.0 Å². The average molecular weight is 344 g/mol. The molecular formula is C21H26O4. The van der Waals surface area contributed by atoms with E-state index in [1.165, 1.54) is 0 Å². The molecule has 2 aromatic carbocycles. The van der Waals surface area contributed by atoms with Gasteiger partial charge in [-0.2, -0.15) is 0 Å². The molecule has 0 unspecified atom stereocenters. The van der Waals surface area contributed by atoms with Crippen molar-refractivity contribution < 1.29 is 19.4 Å². The van der Waals surface area contributed by atoms with Gasteiger partial charge >= 0.3 is 5.97 Å². The summed E-state index contributed by atoms with van der Waals surface area (Å²) in [5, 5.41) is 4.46. The van der Waals surface area contributed by atoms with Crippen molar-refractivity contribution in [3.05, 3.63) is 65.2 Å². The van der Waals surface area contributed by atoms with Crippen molar-refractivity contribution in [3.63, 3.8) is 0 Å². The highest BCUT2D eigenvalue weighted by atomic mass is 16.6. The second-order valence-corrected chi connectivity index (χ2v) is 6.95. The fourth-order valence-electron chi connectivity index (χ4n) is 2.42. The number of hydrogen-bond donors (Lipinski definition) is 1. The molecule has 0 spiro atoms. The predicted molar refractivity (Wildman–Crippen MR) is 97.3 cm³/mol. The Balaban J connectivity index is 2.07. The van der Waals surface area contributed by atoms with Crippen LogP contribution in [0.25, 0.3) is 0 Å². The summed E-state index contributed by atoms with van der Waals surface area (Å²) < 4.78 is 18.2. The highest BCUT2D eigenvalue weighted by Crippen LogP contribution is 2.24. The molecule has 0 saturated heterocycles. The Hall–Kier alpha value is -2.33. The number of esters is 1. The zero-order chi connectivity index (χ0) is 19.0. The molecule has 2 rings (SSSR count). The van der Waals surface area contributed by atoms with Crippen LogP contribution in [0.4, 0.5) is 0 Å². The Kier molecular flexibility index (Phi) is 6.07. The molecule has 0 amide bonds. The van der Waals surface area contributed by atoms with Crippen molar-refractivity contribution in [1.29, 1.82) is 1.43 Å². The van der Waals surface area contributed by atoms with Gasteiger partial charge in [0.05, 0.1) is 6.61 Å². The van der Waals surface area contributed by atoms with E-state index in [1.807, 2.05) is 69.3 Å². The Morgan fingerprint density at radius 2 is 1.88 bits per heavy atom. The molecule has 1 N–H and O–H groups in total. The van der Waals surface area contributed by atoms with E-state index in [9.17, 15) is 4.79 Å². The first-order valence-electron chi connectivity index (χ1n) is 8.87. The first-order chi connectivity index (χ1) is 12.4. The van der Waals surface area contributed by atoms with E-state index in [4.69, 9.17) is 10.9 Å². The smallest absolute Gasteiger partial charge is 0.306 e. The molecule has 0 saturated carbocycles. The molecule has 0 aliphatic rings. The lowest BCUT2D eigenvalue weighted by Crippen LogP contribution is -2.24. The van der Waals surface area contributed by atoms with Crippen molar-refractivity contribution in [3.8, 4) is 5.75 Å². The molecule has 0 bridgehead atoms. The molecule has 25 heavy (non-hydrogen) atoms. The van der Waals surface area contributed by atoms with Gasteiger partial charge in [0.25, 0.3) is 0 Å². The fourth-order valence-corrected chi connectivity index (χ4v) is 2.42. The third-order valence-electron chi connectivity index (χ3n) is 3.55. The summed E-state index contributed by atoms with van der Waals surface area (Å²) in [6.45, 7) is 6.20. The number of rotatable bonds is 8. The number of benzene rings is 2. The number of hydrogen-bond acceptors (Lipinski definition) is 4. The summed E-state index contributed by atoms with van der Waals surface area (Å²) in [5.74, 6) is 0.486. The maximum Gasteiger partial charge on any atom is 0.306 e. The maximum absolute atomic E-state index is 12.0. The van der Waals surface area contributed by atoms with Gasteiger partial charge in [-0.3, -0.25) is 4.79 Å². The van der Waals surface area contributed by atoms with Gasteiger partial charge < -0.3 is 14.6 Å². The van der Waals surface area contributed by atoms with Crippen LogP contribution >= 0.6 is 0 Å². The molecule has 4 nitrogen and oxygen atoms in total. The average Bonchev–Trinajstić information content (AvgIpc) is 2.59. The van der Waals surface area contributed by atoms with Crippen molar-refractivity contribution >= 4 is 5.97 Å². The van der Waals surface area contributed by atoms with Crippen LogP contribution in [0.1, 0.15) is 43.9 Å². The van der Waals surface area contributed by atoms with Crippen molar-refractivity contribution in [2.45, 2.75) is 52.4 Å². The number of aliphatic hydroxyl groups is 1. The second kappa shape index (κ2) is 8.67. The monoisotopic (exact) mass is 344 g/mol. The van der Waals surface area contributed by atoms with E-state index in [-0.39, 0.29) is 19.0 Å². The summed E-state index contributed by atoms with van der Waals surface area (Å²) in [6.07, 6.45) is 0.773. The molecular weight excluding hydrogens is 316 g/mol. The second-order valence-electron chi connectivity index (χ2n) is 6.95.